The number of ether oxygens (including phenoxy) is 2. The average molecular weight is 252 g/mol. The van der Waals surface area contributed by atoms with Gasteiger partial charge in [0.15, 0.2) is 11.5 Å². The van der Waals surface area contributed by atoms with Gasteiger partial charge in [-0.05, 0) is 31.5 Å². The first kappa shape index (κ1) is 12.6. The number of nitro groups is 1. The van der Waals surface area contributed by atoms with Gasteiger partial charge in [0.1, 0.15) is 0 Å². The van der Waals surface area contributed by atoms with Crippen LogP contribution in [0.2, 0.25) is 0 Å². The minimum absolute atomic E-state index is 0.0103. The van der Waals surface area contributed by atoms with E-state index in [1.807, 2.05) is 0 Å². The summed E-state index contributed by atoms with van der Waals surface area (Å²) in [6, 6.07) is 4.36. The smallest absolute Gasteiger partial charge is 0.273 e. The fourth-order valence-electron chi connectivity index (χ4n) is 1.78. The Labute approximate surface area is 105 Å². The van der Waals surface area contributed by atoms with Gasteiger partial charge in [-0.3, -0.25) is 10.1 Å². The van der Waals surface area contributed by atoms with E-state index in [1.165, 1.54) is 19.2 Å². The van der Waals surface area contributed by atoms with Crippen LogP contribution in [-0.4, -0.2) is 31.7 Å². The van der Waals surface area contributed by atoms with Crippen molar-refractivity contribution in [2.24, 2.45) is 5.92 Å². The fraction of sp³-hybridized carbons (Fsp3) is 0.500. The van der Waals surface area contributed by atoms with Gasteiger partial charge in [0.05, 0.1) is 24.7 Å². The van der Waals surface area contributed by atoms with E-state index in [4.69, 9.17) is 9.47 Å². The average Bonchev–Trinajstić information content (AvgIpc) is 2.32. The van der Waals surface area contributed by atoms with Crippen molar-refractivity contribution in [3.8, 4) is 11.5 Å². The van der Waals surface area contributed by atoms with Crippen LogP contribution in [0.5, 0.6) is 11.5 Å². The first-order chi connectivity index (χ1) is 8.70. The minimum Gasteiger partial charge on any atom is -0.493 e. The van der Waals surface area contributed by atoms with Crippen LogP contribution >= 0.6 is 0 Å². The number of hydrogen-bond donors (Lipinski definition) is 1. The Balaban J connectivity index is 1.98. The molecule has 0 aliphatic carbocycles. The predicted octanol–water partition coefficient (Wildman–Crippen LogP) is 1.59. The van der Waals surface area contributed by atoms with E-state index in [0.29, 0.717) is 24.0 Å². The molecule has 1 saturated heterocycles. The minimum atomic E-state index is -0.442. The van der Waals surface area contributed by atoms with Crippen LogP contribution in [0.25, 0.3) is 0 Å². The molecule has 1 aliphatic rings. The monoisotopic (exact) mass is 252 g/mol. The zero-order chi connectivity index (χ0) is 13.0. The highest BCUT2D eigenvalue weighted by Crippen LogP contribution is 2.31. The van der Waals surface area contributed by atoms with E-state index in [2.05, 4.69) is 5.32 Å². The van der Waals surface area contributed by atoms with Gasteiger partial charge >= 0.3 is 0 Å². The molecule has 1 heterocycles. The van der Waals surface area contributed by atoms with Gasteiger partial charge in [0.25, 0.3) is 5.69 Å². The van der Waals surface area contributed by atoms with Crippen molar-refractivity contribution in [1.29, 1.82) is 0 Å². The lowest BCUT2D eigenvalue weighted by atomic mass is 10.0. The van der Waals surface area contributed by atoms with Crippen molar-refractivity contribution in [1.82, 2.24) is 5.32 Å². The third kappa shape index (κ3) is 2.89. The van der Waals surface area contributed by atoms with E-state index in [-0.39, 0.29) is 5.69 Å². The Hall–Kier alpha value is -1.82. The topological polar surface area (TPSA) is 73.6 Å². The van der Waals surface area contributed by atoms with Crippen molar-refractivity contribution in [3.05, 3.63) is 28.3 Å². The molecule has 1 N–H and O–H groups in total. The molecule has 1 fully saturated rings. The molecule has 0 unspecified atom stereocenters. The van der Waals surface area contributed by atoms with Crippen molar-refractivity contribution in [2.45, 2.75) is 6.42 Å². The zero-order valence-corrected chi connectivity index (χ0v) is 10.2. The molecule has 0 aromatic heterocycles. The van der Waals surface area contributed by atoms with Gasteiger partial charge in [-0.2, -0.15) is 0 Å². The van der Waals surface area contributed by atoms with Gasteiger partial charge in [-0.1, -0.05) is 0 Å². The molecular weight excluding hydrogens is 236 g/mol. The maximum Gasteiger partial charge on any atom is 0.273 e. The van der Waals surface area contributed by atoms with Crippen LogP contribution in [0.3, 0.4) is 0 Å². The van der Waals surface area contributed by atoms with Gasteiger partial charge in [-0.15, -0.1) is 0 Å². The van der Waals surface area contributed by atoms with Crippen molar-refractivity contribution < 1.29 is 14.4 Å². The first-order valence-electron chi connectivity index (χ1n) is 5.86. The molecule has 18 heavy (non-hydrogen) atoms. The highest BCUT2D eigenvalue weighted by Gasteiger charge is 2.17. The molecule has 0 amide bonds. The lowest BCUT2D eigenvalue weighted by molar-refractivity contribution is -0.385. The Morgan fingerprint density at radius 1 is 1.44 bits per heavy atom. The van der Waals surface area contributed by atoms with Gasteiger partial charge < -0.3 is 14.8 Å². The van der Waals surface area contributed by atoms with Crippen molar-refractivity contribution in [2.75, 3.05) is 26.8 Å². The zero-order valence-electron chi connectivity index (χ0n) is 10.2. The second kappa shape index (κ2) is 5.68. The van der Waals surface area contributed by atoms with E-state index >= 15 is 0 Å². The third-order valence-electron chi connectivity index (χ3n) is 3.01. The molecule has 0 radical (unpaired) electrons. The maximum absolute atomic E-state index is 10.7. The molecule has 0 saturated carbocycles. The van der Waals surface area contributed by atoms with Gasteiger partial charge in [0.2, 0.25) is 0 Å². The van der Waals surface area contributed by atoms with Crippen molar-refractivity contribution >= 4 is 5.69 Å². The summed E-state index contributed by atoms with van der Waals surface area (Å²) in [7, 11) is 1.52. The molecule has 0 spiro atoms. The van der Waals surface area contributed by atoms with Crippen molar-refractivity contribution in [3.63, 3.8) is 0 Å². The Kier molecular flexibility index (Phi) is 3.99. The van der Waals surface area contributed by atoms with Crippen LogP contribution in [0.1, 0.15) is 6.42 Å². The first-order valence-corrected chi connectivity index (χ1v) is 5.86. The number of benzene rings is 1. The third-order valence-corrected chi connectivity index (χ3v) is 3.01. The van der Waals surface area contributed by atoms with Crippen LogP contribution in [0, 0.1) is 16.0 Å². The number of nitro benzene ring substituents is 1. The maximum atomic E-state index is 10.7. The molecule has 6 heteroatoms. The number of methoxy groups -OCH3 is 1. The quantitative estimate of drug-likeness (QED) is 0.614. The lowest BCUT2D eigenvalue weighted by Gasteiger charge is -2.26. The summed E-state index contributed by atoms with van der Waals surface area (Å²) in [5, 5.41) is 13.9. The number of nitrogens with zero attached hydrogens (tertiary/aromatic N) is 1. The van der Waals surface area contributed by atoms with E-state index in [9.17, 15) is 10.1 Å². The second-order valence-corrected chi connectivity index (χ2v) is 4.25. The van der Waals surface area contributed by atoms with Gasteiger partial charge in [-0.25, -0.2) is 0 Å². The SMILES string of the molecule is COc1ccc([N+](=O)[O-])cc1OCCC1CNC1. The Morgan fingerprint density at radius 3 is 2.78 bits per heavy atom. The molecule has 98 valence electrons. The summed E-state index contributed by atoms with van der Waals surface area (Å²) in [4.78, 5) is 10.2. The summed E-state index contributed by atoms with van der Waals surface area (Å²) in [6.07, 6.45) is 0.943. The van der Waals surface area contributed by atoms with Crippen LogP contribution in [0.4, 0.5) is 5.69 Å². The Morgan fingerprint density at radius 2 is 2.22 bits per heavy atom. The number of non-ortho nitro benzene ring substituents is 1. The molecule has 2 rings (SSSR count). The van der Waals surface area contributed by atoms with E-state index < -0.39 is 4.92 Å². The summed E-state index contributed by atoms with van der Waals surface area (Å²) in [5.74, 6) is 1.60. The number of rotatable bonds is 6. The van der Waals surface area contributed by atoms with Crippen LogP contribution in [0.15, 0.2) is 18.2 Å². The summed E-state index contributed by atoms with van der Waals surface area (Å²) >= 11 is 0. The number of nitrogens with one attached hydrogen (secondary N) is 1. The second-order valence-electron chi connectivity index (χ2n) is 4.25. The molecule has 0 bridgehead atoms. The van der Waals surface area contributed by atoms with E-state index in [0.717, 1.165) is 19.5 Å². The predicted molar refractivity (Wildman–Crippen MR) is 66.1 cm³/mol. The molecular formula is C12H16N2O4. The van der Waals surface area contributed by atoms with Crippen LogP contribution in [-0.2, 0) is 0 Å². The largest absolute Gasteiger partial charge is 0.493 e. The highest BCUT2D eigenvalue weighted by molar-refractivity contribution is 5.48. The molecule has 6 nitrogen and oxygen atoms in total. The molecule has 1 aliphatic heterocycles. The molecule has 1 aromatic rings. The fourth-order valence-corrected chi connectivity index (χ4v) is 1.78. The summed E-state index contributed by atoms with van der Waals surface area (Å²) < 4.78 is 10.7. The van der Waals surface area contributed by atoms with E-state index in [1.54, 1.807) is 6.07 Å². The standard InChI is InChI=1S/C12H16N2O4/c1-17-11-3-2-10(14(15)16)6-12(11)18-5-4-9-7-13-8-9/h2-3,6,9,13H,4-5,7-8H2,1H3. The normalized spacial score (nSPS) is 14.9. The summed E-state index contributed by atoms with van der Waals surface area (Å²) in [5.41, 5.74) is 0.0103. The van der Waals surface area contributed by atoms with Crippen LogP contribution < -0.4 is 14.8 Å². The lowest BCUT2D eigenvalue weighted by Crippen LogP contribution is -2.42. The molecule has 0 atom stereocenters. The Bertz CT molecular complexity index is 432. The summed E-state index contributed by atoms with van der Waals surface area (Å²) in [6.45, 7) is 2.59. The molecule has 1 aromatic carbocycles. The highest BCUT2D eigenvalue weighted by atomic mass is 16.6. The number of hydrogen-bond acceptors (Lipinski definition) is 5. The van der Waals surface area contributed by atoms with Gasteiger partial charge in [0, 0.05) is 6.07 Å².